The Kier molecular flexibility index (Phi) is 5.55. The Labute approximate surface area is 141 Å². The van der Waals surface area contributed by atoms with Crippen LogP contribution in [0.1, 0.15) is 43.7 Å². The number of ether oxygens (including phenoxy) is 1. The van der Waals surface area contributed by atoms with Gasteiger partial charge in [-0.2, -0.15) is 0 Å². The zero-order valence-electron chi connectivity index (χ0n) is 13.4. The molecule has 4 heteroatoms. The second kappa shape index (κ2) is 7.82. The minimum absolute atomic E-state index is 0.284. The molecule has 1 saturated carbocycles. The number of aryl methyl sites for hydroxylation is 1. The van der Waals surface area contributed by atoms with Crippen molar-refractivity contribution >= 4 is 11.8 Å². The predicted octanol–water partition coefficient (Wildman–Crippen LogP) is 5.40. The molecule has 1 aliphatic rings. The highest BCUT2D eigenvalue weighted by Gasteiger charge is 2.20. The van der Waals surface area contributed by atoms with Crippen LogP contribution in [0.2, 0.25) is 0 Å². The van der Waals surface area contributed by atoms with Crippen molar-refractivity contribution in [1.29, 1.82) is 0 Å². The molecule has 0 unspecified atom stereocenters. The van der Waals surface area contributed by atoms with E-state index < -0.39 is 0 Å². The van der Waals surface area contributed by atoms with Gasteiger partial charge in [0.25, 0.3) is 0 Å². The van der Waals surface area contributed by atoms with Crippen LogP contribution in [0.25, 0.3) is 0 Å². The lowest BCUT2D eigenvalue weighted by molar-refractivity contribution is 0.286. The van der Waals surface area contributed by atoms with Crippen molar-refractivity contribution in [2.75, 3.05) is 0 Å². The van der Waals surface area contributed by atoms with E-state index in [1.165, 1.54) is 19.3 Å². The molecule has 1 heterocycles. The highest BCUT2D eigenvalue weighted by atomic mass is 32.2. The van der Waals surface area contributed by atoms with Crippen LogP contribution in [0, 0.1) is 5.82 Å². The van der Waals surface area contributed by atoms with Crippen LogP contribution in [0.3, 0.4) is 0 Å². The summed E-state index contributed by atoms with van der Waals surface area (Å²) in [6.07, 6.45) is 7.54. The van der Waals surface area contributed by atoms with Gasteiger partial charge in [-0.1, -0.05) is 31.9 Å². The highest BCUT2D eigenvalue weighted by molar-refractivity contribution is 8.00. The summed E-state index contributed by atoms with van der Waals surface area (Å²) in [5.41, 5.74) is 2.04. The van der Waals surface area contributed by atoms with Gasteiger partial charge >= 0.3 is 0 Å². The number of halogens is 1. The first-order valence-corrected chi connectivity index (χ1v) is 9.16. The number of nitrogens with zero attached hydrogens (tertiary/aromatic N) is 1. The lowest BCUT2D eigenvalue weighted by Crippen LogP contribution is -2.14. The van der Waals surface area contributed by atoms with Crippen molar-refractivity contribution in [3.63, 3.8) is 0 Å². The highest BCUT2D eigenvalue weighted by Crippen LogP contribution is 2.37. The van der Waals surface area contributed by atoms with Gasteiger partial charge in [0.1, 0.15) is 11.6 Å². The van der Waals surface area contributed by atoms with Gasteiger partial charge in [-0.25, -0.2) is 9.37 Å². The van der Waals surface area contributed by atoms with Gasteiger partial charge in [0.05, 0.1) is 0 Å². The third-order valence-electron chi connectivity index (χ3n) is 4.10. The number of thioether (sulfide) groups is 1. The third kappa shape index (κ3) is 4.25. The Morgan fingerprint density at radius 1 is 1.30 bits per heavy atom. The summed E-state index contributed by atoms with van der Waals surface area (Å²) in [4.78, 5) is 4.46. The number of hydrogen-bond donors (Lipinski definition) is 0. The van der Waals surface area contributed by atoms with Gasteiger partial charge in [-0.05, 0) is 43.0 Å². The molecule has 0 atom stereocenters. The molecule has 23 heavy (non-hydrogen) atoms. The molecule has 1 aromatic heterocycles. The van der Waals surface area contributed by atoms with Crippen LogP contribution in [0.4, 0.5) is 4.39 Å². The number of aromatic nitrogens is 1. The second-order valence-corrected chi connectivity index (χ2v) is 7.23. The summed E-state index contributed by atoms with van der Waals surface area (Å²) in [5.74, 6) is 0.0290. The first-order chi connectivity index (χ1) is 11.3. The Bertz CT molecular complexity index is 658. The summed E-state index contributed by atoms with van der Waals surface area (Å²) >= 11 is 1.82. The lowest BCUT2D eigenvalue weighted by atomic mass is 10.0. The van der Waals surface area contributed by atoms with Crippen molar-refractivity contribution in [3.05, 3.63) is 53.5 Å². The van der Waals surface area contributed by atoms with Crippen molar-refractivity contribution in [2.45, 2.75) is 55.9 Å². The maximum Gasteiger partial charge on any atom is 0.165 e. The number of benzene rings is 1. The number of hydrogen-bond acceptors (Lipinski definition) is 3. The smallest absolute Gasteiger partial charge is 0.165 e. The minimum atomic E-state index is -0.284. The van der Waals surface area contributed by atoms with E-state index in [2.05, 4.69) is 11.9 Å². The molecular weight excluding hydrogens is 309 g/mol. The SMILES string of the molecule is CCCc1ccc(OCc2cccnc2SC2CCC2)c(F)c1. The lowest BCUT2D eigenvalue weighted by Gasteiger charge is -2.24. The number of pyridine rings is 1. The van der Waals surface area contributed by atoms with Gasteiger partial charge in [0.2, 0.25) is 0 Å². The first kappa shape index (κ1) is 16.3. The van der Waals surface area contributed by atoms with E-state index in [0.717, 1.165) is 29.0 Å². The molecule has 0 spiro atoms. The normalized spacial score (nSPS) is 14.5. The maximum absolute atomic E-state index is 14.1. The molecule has 0 saturated heterocycles. The molecule has 0 bridgehead atoms. The summed E-state index contributed by atoms with van der Waals surface area (Å²) in [6.45, 7) is 2.44. The zero-order valence-corrected chi connectivity index (χ0v) is 14.2. The van der Waals surface area contributed by atoms with E-state index in [-0.39, 0.29) is 5.82 Å². The van der Waals surface area contributed by atoms with Crippen LogP contribution in [-0.4, -0.2) is 10.2 Å². The largest absolute Gasteiger partial charge is 0.486 e. The van der Waals surface area contributed by atoms with E-state index in [4.69, 9.17) is 4.74 Å². The Hall–Kier alpha value is -1.55. The topological polar surface area (TPSA) is 22.1 Å². The summed E-state index contributed by atoms with van der Waals surface area (Å²) < 4.78 is 19.8. The van der Waals surface area contributed by atoms with Crippen molar-refractivity contribution < 1.29 is 9.13 Å². The summed E-state index contributed by atoms with van der Waals surface area (Å²) in [6, 6.07) is 9.16. The van der Waals surface area contributed by atoms with Gasteiger partial charge in [0, 0.05) is 17.0 Å². The second-order valence-electron chi connectivity index (χ2n) is 5.94. The fraction of sp³-hybridized carbons (Fsp3) is 0.421. The van der Waals surface area contributed by atoms with Gasteiger partial charge in [0.15, 0.2) is 11.6 Å². The Morgan fingerprint density at radius 2 is 2.17 bits per heavy atom. The molecule has 0 amide bonds. The third-order valence-corrected chi connectivity index (χ3v) is 5.49. The van der Waals surface area contributed by atoms with Crippen molar-refractivity contribution in [3.8, 4) is 5.75 Å². The molecule has 0 radical (unpaired) electrons. The molecule has 2 aromatic rings. The van der Waals surface area contributed by atoms with Crippen LogP contribution < -0.4 is 4.74 Å². The van der Waals surface area contributed by atoms with E-state index in [1.807, 2.05) is 36.2 Å². The van der Waals surface area contributed by atoms with Gasteiger partial charge < -0.3 is 4.74 Å². The molecule has 1 fully saturated rings. The molecule has 0 aliphatic heterocycles. The van der Waals surface area contributed by atoms with E-state index >= 15 is 0 Å². The fourth-order valence-corrected chi connectivity index (χ4v) is 3.83. The molecule has 122 valence electrons. The molecule has 2 nitrogen and oxygen atoms in total. The fourth-order valence-electron chi connectivity index (χ4n) is 2.55. The standard InChI is InChI=1S/C19H22FNOS/c1-2-5-14-9-10-18(17(20)12-14)22-13-15-6-4-11-21-19(15)23-16-7-3-8-16/h4,6,9-12,16H,2-3,5,7-8,13H2,1H3. The average molecular weight is 331 g/mol. The predicted molar refractivity (Wildman–Crippen MR) is 92.5 cm³/mol. The maximum atomic E-state index is 14.1. The molecule has 0 N–H and O–H groups in total. The van der Waals surface area contributed by atoms with Crippen molar-refractivity contribution in [1.82, 2.24) is 4.98 Å². The van der Waals surface area contributed by atoms with E-state index in [0.29, 0.717) is 17.6 Å². The monoisotopic (exact) mass is 331 g/mol. The van der Waals surface area contributed by atoms with Crippen LogP contribution >= 0.6 is 11.8 Å². The van der Waals surface area contributed by atoms with E-state index in [1.54, 1.807) is 12.1 Å². The Morgan fingerprint density at radius 3 is 2.87 bits per heavy atom. The summed E-state index contributed by atoms with van der Waals surface area (Å²) in [5, 5.41) is 1.69. The quantitative estimate of drug-likeness (QED) is 0.678. The van der Waals surface area contributed by atoms with Gasteiger partial charge in [-0.15, -0.1) is 11.8 Å². The zero-order chi connectivity index (χ0) is 16.1. The van der Waals surface area contributed by atoms with Crippen LogP contribution in [-0.2, 0) is 13.0 Å². The molecule has 1 aliphatic carbocycles. The molecule has 1 aromatic carbocycles. The minimum Gasteiger partial charge on any atom is -0.486 e. The molecule has 3 rings (SSSR count). The van der Waals surface area contributed by atoms with E-state index in [9.17, 15) is 4.39 Å². The summed E-state index contributed by atoms with van der Waals surface area (Å²) in [7, 11) is 0. The van der Waals surface area contributed by atoms with Crippen LogP contribution in [0.15, 0.2) is 41.6 Å². The Balaban J connectivity index is 1.66. The number of rotatable bonds is 7. The molecular formula is C19H22FNOS. The van der Waals surface area contributed by atoms with Crippen LogP contribution in [0.5, 0.6) is 5.75 Å². The first-order valence-electron chi connectivity index (χ1n) is 8.28. The van der Waals surface area contributed by atoms with Gasteiger partial charge in [-0.3, -0.25) is 0 Å². The van der Waals surface area contributed by atoms with Crippen molar-refractivity contribution in [2.24, 2.45) is 0 Å². The average Bonchev–Trinajstić information content (AvgIpc) is 2.51.